The average Bonchev–Trinajstić information content (AvgIpc) is 1.69. The molecule has 3 aliphatic carbocycles. The van der Waals surface area contributed by atoms with Crippen molar-refractivity contribution in [1.29, 1.82) is 0 Å². The minimum Gasteiger partial charge on any atom is -0.390 e. The standard InChI is InChI=1S/3C24H24BrN5O3/c3*1-12-15-4-5-30(23(15)28-11-27-12)18-8-24(21(32)20(18)31)9-19(33-10-24)14-3-2-13-6-16(25)22(26)29-17(13)7-14/h3*2-7,11,18-21,31-32H,8-10H2,1H3,(H2,26,29)/t2*18-,19+,20+,21+,24-;18-,19-,20+,21+,24-/m111/s1. The van der Waals surface area contributed by atoms with E-state index in [1.807, 2.05) is 144 Å². The van der Waals surface area contributed by atoms with E-state index in [4.69, 9.17) is 31.4 Å². The number of halogens is 3. The Bertz CT molecular complexity index is 4680. The number of rotatable bonds is 6. The highest BCUT2D eigenvalue weighted by Crippen LogP contribution is 2.58. The summed E-state index contributed by atoms with van der Waals surface area (Å²) >= 11 is 10.3. The molecule has 15 atom stereocenters. The van der Waals surface area contributed by atoms with Gasteiger partial charge in [0.05, 0.1) is 122 Å². The number of nitrogens with zero attached hydrogens (tertiary/aromatic N) is 12. The smallest absolute Gasteiger partial charge is 0.143 e. The molecule has 6 fully saturated rings. The Morgan fingerprint density at radius 1 is 0.394 bits per heavy atom. The van der Waals surface area contributed by atoms with Gasteiger partial charge in [0.25, 0.3) is 0 Å². The summed E-state index contributed by atoms with van der Waals surface area (Å²) in [5.74, 6) is 1.33. The van der Waals surface area contributed by atoms with Crippen LogP contribution in [0.4, 0.5) is 17.5 Å². The lowest BCUT2D eigenvalue weighted by molar-refractivity contribution is -0.0309. The van der Waals surface area contributed by atoms with Crippen molar-refractivity contribution in [1.82, 2.24) is 58.6 Å². The van der Waals surface area contributed by atoms with Crippen molar-refractivity contribution in [3.8, 4) is 0 Å². The highest BCUT2D eigenvalue weighted by molar-refractivity contribution is 9.11. The van der Waals surface area contributed by atoms with Crippen LogP contribution in [0.5, 0.6) is 0 Å². The second kappa shape index (κ2) is 25.1. The van der Waals surface area contributed by atoms with Gasteiger partial charge in [0.2, 0.25) is 0 Å². The molecule has 18 rings (SSSR count). The molecule has 510 valence electrons. The molecule has 0 radical (unpaired) electrons. The van der Waals surface area contributed by atoms with E-state index in [0.29, 0.717) is 75.8 Å². The van der Waals surface area contributed by atoms with Crippen LogP contribution in [0.25, 0.3) is 65.8 Å². The quantitative estimate of drug-likeness (QED) is 0.0747. The second-order valence-electron chi connectivity index (χ2n) is 27.9. The van der Waals surface area contributed by atoms with E-state index >= 15 is 0 Å². The number of ether oxygens (including phenoxy) is 3. The van der Waals surface area contributed by atoms with Gasteiger partial charge in [-0.25, -0.2) is 44.9 Å². The summed E-state index contributed by atoms with van der Waals surface area (Å²) in [5, 5.41) is 72.4. The van der Waals surface area contributed by atoms with E-state index in [0.717, 1.165) is 113 Å². The molecular formula is C72H72Br3N15O9. The van der Waals surface area contributed by atoms with E-state index < -0.39 is 52.9 Å². The molecule has 24 nitrogen and oxygen atoms in total. The van der Waals surface area contributed by atoms with Crippen molar-refractivity contribution < 1.29 is 44.8 Å². The third-order valence-corrected chi connectivity index (χ3v) is 24.1. The van der Waals surface area contributed by atoms with Gasteiger partial charge in [-0.1, -0.05) is 36.4 Å². The van der Waals surface area contributed by atoms with Gasteiger partial charge in [-0.15, -0.1) is 0 Å². The second-order valence-corrected chi connectivity index (χ2v) is 30.5. The first-order chi connectivity index (χ1) is 47.6. The first kappa shape index (κ1) is 65.8. The fraction of sp³-hybridized carbons (Fsp3) is 0.375. The maximum atomic E-state index is 11.1. The van der Waals surface area contributed by atoms with E-state index in [1.54, 1.807) is 0 Å². The van der Waals surface area contributed by atoms with Gasteiger partial charge < -0.3 is 75.8 Å². The van der Waals surface area contributed by atoms with E-state index in [2.05, 4.69) is 92.6 Å². The first-order valence-corrected chi connectivity index (χ1v) is 35.3. The normalized spacial score (nSPS) is 29.6. The van der Waals surface area contributed by atoms with Crippen LogP contribution in [0.1, 0.15) is 109 Å². The third-order valence-electron chi connectivity index (χ3n) is 22.2. The Hall–Kier alpha value is -7.77. The summed E-state index contributed by atoms with van der Waals surface area (Å²) in [5.41, 5.74) is 26.7. The zero-order chi connectivity index (χ0) is 68.7. The number of aliphatic hydroxyl groups is 6. The Kier molecular flexibility index (Phi) is 16.7. The number of nitrogens with two attached hydrogens (primary N) is 3. The summed E-state index contributed by atoms with van der Waals surface area (Å²) < 4.78 is 26.8. The van der Waals surface area contributed by atoms with Crippen LogP contribution in [-0.4, -0.2) is 146 Å². The Labute approximate surface area is 592 Å². The number of hydrogen-bond acceptors (Lipinski definition) is 21. The summed E-state index contributed by atoms with van der Waals surface area (Å²) in [7, 11) is 0. The molecule has 0 unspecified atom stereocenters. The van der Waals surface area contributed by atoms with Crippen molar-refractivity contribution in [3.05, 3.63) is 176 Å². The molecular weight excluding hydrogens is 1460 g/mol. The van der Waals surface area contributed by atoms with Gasteiger partial charge in [-0.2, -0.15) is 0 Å². The van der Waals surface area contributed by atoms with Gasteiger partial charge in [-0.3, -0.25) is 0 Å². The molecule has 3 spiro atoms. The Morgan fingerprint density at radius 3 is 0.960 bits per heavy atom. The predicted octanol–water partition coefficient (Wildman–Crippen LogP) is 10.3. The van der Waals surface area contributed by atoms with Crippen molar-refractivity contribution in [2.24, 2.45) is 16.2 Å². The topological polar surface area (TPSA) is 358 Å². The lowest BCUT2D eigenvalue weighted by atomic mass is 9.80. The van der Waals surface area contributed by atoms with Crippen LogP contribution in [0.15, 0.2) is 142 Å². The molecule has 3 aromatic carbocycles. The lowest BCUT2D eigenvalue weighted by Gasteiger charge is -2.26. The maximum Gasteiger partial charge on any atom is 0.143 e. The molecule has 0 bridgehead atoms. The number of benzene rings is 3. The highest BCUT2D eigenvalue weighted by Gasteiger charge is 2.60. The number of aromatic nitrogens is 12. The van der Waals surface area contributed by atoms with E-state index in [9.17, 15) is 30.6 Å². The molecule has 99 heavy (non-hydrogen) atoms. The monoisotopic (exact) mass is 1530 g/mol. The minimum atomic E-state index is -0.909. The molecule has 12 heterocycles. The van der Waals surface area contributed by atoms with Crippen LogP contribution in [-0.2, 0) is 14.2 Å². The molecule has 6 aliphatic rings. The third kappa shape index (κ3) is 11.2. The van der Waals surface area contributed by atoms with E-state index in [-0.39, 0.29) is 36.4 Å². The molecule has 3 aliphatic heterocycles. The molecule has 12 N–H and O–H groups in total. The largest absolute Gasteiger partial charge is 0.390 e. The number of pyridine rings is 3. The highest BCUT2D eigenvalue weighted by atomic mass is 79.9. The Morgan fingerprint density at radius 2 is 0.677 bits per heavy atom. The fourth-order valence-electron chi connectivity index (χ4n) is 16.6. The van der Waals surface area contributed by atoms with Crippen LogP contribution in [0.3, 0.4) is 0 Å². The van der Waals surface area contributed by atoms with Gasteiger partial charge in [0.15, 0.2) is 0 Å². The number of aryl methyl sites for hydroxylation is 3. The average molecular weight is 1530 g/mol. The maximum absolute atomic E-state index is 11.1. The van der Waals surface area contributed by atoms with Crippen molar-refractivity contribution in [2.45, 2.75) is 132 Å². The molecule has 3 saturated heterocycles. The zero-order valence-electron chi connectivity index (χ0n) is 54.1. The van der Waals surface area contributed by atoms with Crippen molar-refractivity contribution in [2.75, 3.05) is 37.0 Å². The zero-order valence-corrected chi connectivity index (χ0v) is 58.8. The summed E-state index contributed by atoms with van der Waals surface area (Å²) in [6.45, 7) is 6.97. The molecule has 0 amide bonds. The molecule has 3 saturated carbocycles. The van der Waals surface area contributed by atoms with Gasteiger partial charge in [-0.05, 0) is 178 Å². The number of nitrogen functional groups attached to an aromatic ring is 3. The van der Waals surface area contributed by atoms with Gasteiger partial charge >= 0.3 is 0 Å². The van der Waals surface area contributed by atoms with E-state index in [1.165, 1.54) is 19.0 Å². The summed E-state index contributed by atoms with van der Waals surface area (Å²) in [6.07, 6.45) is 8.09. The molecule has 27 heteroatoms. The lowest BCUT2D eigenvalue weighted by Crippen LogP contribution is -2.37. The summed E-state index contributed by atoms with van der Waals surface area (Å²) in [6, 6.07) is 29.0. The predicted molar refractivity (Wildman–Crippen MR) is 383 cm³/mol. The SMILES string of the molecule is Cc1ncnc2c1ccn2[C@@H]1C[C@@]2(CO[C@@H](c3ccc4cc(Br)c(N)nc4c3)C2)[C@@H](O)[C@H]1O.Cc1ncnc2c1ccn2[C@@H]1C[C@@]2(CO[C@H](c3ccc4cc(Br)c(N)nc4c3)C2)[C@@H](O)[C@H]1O.Cc1ncnc2c1ccn2[C@@H]1C[C@@]2(CO[C@H](c3ccc4cc(Br)c(N)nc4c3)C2)[C@@H](O)[C@H]1O. The first-order valence-electron chi connectivity index (χ1n) is 32.9. The molecule has 12 aromatic rings. The van der Waals surface area contributed by atoms with Crippen LogP contribution in [0.2, 0.25) is 0 Å². The number of hydrogen-bond donors (Lipinski definition) is 9. The number of fused-ring (bicyclic) bond motifs is 6. The molecule has 9 aromatic heterocycles. The number of aliphatic hydroxyl groups excluding tert-OH is 6. The fourth-order valence-corrected chi connectivity index (χ4v) is 17.7. The van der Waals surface area contributed by atoms with Gasteiger partial charge in [0.1, 0.15) is 71.7 Å². The summed E-state index contributed by atoms with van der Waals surface area (Å²) in [4.78, 5) is 39.5. The number of anilines is 3. The van der Waals surface area contributed by atoms with Gasteiger partial charge in [0, 0.05) is 67.2 Å². The van der Waals surface area contributed by atoms with Crippen LogP contribution in [0, 0.1) is 37.0 Å². The van der Waals surface area contributed by atoms with Crippen molar-refractivity contribution in [3.63, 3.8) is 0 Å². The Balaban J connectivity index is 0.000000116. The van der Waals surface area contributed by atoms with Crippen LogP contribution < -0.4 is 17.2 Å². The van der Waals surface area contributed by atoms with Crippen molar-refractivity contribution >= 4 is 131 Å². The minimum absolute atomic E-state index is 0.187. The van der Waals surface area contributed by atoms with Crippen LogP contribution >= 0.6 is 47.8 Å².